The zero-order valence-corrected chi connectivity index (χ0v) is 9.66. The molecule has 0 N–H and O–H groups in total. The minimum atomic E-state index is 1.08. The fraction of sp³-hybridized carbons (Fsp3) is 0.667. The van der Waals surface area contributed by atoms with Gasteiger partial charge in [0.25, 0.3) is 0 Å². The highest BCUT2D eigenvalue weighted by Gasteiger charge is 2.04. The van der Waals surface area contributed by atoms with Crippen LogP contribution in [-0.2, 0) is 13.1 Å². The third-order valence-corrected chi connectivity index (χ3v) is 2.67. The summed E-state index contributed by atoms with van der Waals surface area (Å²) in [4.78, 5) is 2.45. The van der Waals surface area contributed by atoms with E-state index in [9.17, 15) is 0 Å². The molecule has 0 bridgehead atoms. The van der Waals surface area contributed by atoms with E-state index in [1.54, 1.807) is 0 Å². The molecule has 0 atom stereocenters. The Bertz CT molecular complexity index is 249. The van der Waals surface area contributed by atoms with E-state index < -0.39 is 0 Å². The van der Waals surface area contributed by atoms with E-state index in [1.807, 2.05) is 0 Å². The highest BCUT2D eigenvalue weighted by atomic mass is 15.1. The Labute approximate surface area is 87.5 Å². The normalized spacial score (nSPS) is 11.1. The first-order valence-electron chi connectivity index (χ1n) is 5.68. The van der Waals surface area contributed by atoms with Crippen LogP contribution in [0.25, 0.3) is 0 Å². The van der Waals surface area contributed by atoms with Gasteiger partial charge in [0.05, 0.1) is 0 Å². The van der Waals surface area contributed by atoms with Gasteiger partial charge in [-0.1, -0.05) is 20.8 Å². The molecule has 1 rings (SSSR count). The van der Waals surface area contributed by atoms with Gasteiger partial charge in [0.2, 0.25) is 0 Å². The lowest BCUT2D eigenvalue weighted by Gasteiger charge is -2.19. The third-order valence-electron chi connectivity index (χ3n) is 2.67. The van der Waals surface area contributed by atoms with Gasteiger partial charge >= 0.3 is 0 Å². The molecular formula is C12H22N2. The van der Waals surface area contributed by atoms with Gasteiger partial charge in [0.15, 0.2) is 0 Å². The van der Waals surface area contributed by atoms with Crippen LogP contribution in [0, 0.1) is 0 Å². The quantitative estimate of drug-likeness (QED) is 0.676. The number of aryl methyl sites for hydroxylation is 1. The van der Waals surface area contributed by atoms with Gasteiger partial charge in [-0.25, -0.2) is 0 Å². The summed E-state index contributed by atoms with van der Waals surface area (Å²) in [6, 6.07) is 4.38. The van der Waals surface area contributed by atoms with E-state index in [4.69, 9.17) is 0 Å². The van der Waals surface area contributed by atoms with Gasteiger partial charge in [-0.2, -0.15) is 0 Å². The summed E-state index contributed by atoms with van der Waals surface area (Å²) in [7, 11) is 0. The Kier molecular flexibility index (Phi) is 4.74. The van der Waals surface area contributed by atoms with Gasteiger partial charge in [0, 0.05) is 25.0 Å². The van der Waals surface area contributed by atoms with Crippen LogP contribution in [0.3, 0.4) is 0 Å². The van der Waals surface area contributed by atoms with Crippen molar-refractivity contribution in [1.82, 2.24) is 9.47 Å². The summed E-state index contributed by atoms with van der Waals surface area (Å²) < 4.78 is 2.36. The molecule has 0 aliphatic carbocycles. The highest BCUT2D eigenvalue weighted by Crippen LogP contribution is 2.07. The molecule has 1 aromatic heterocycles. The van der Waals surface area contributed by atoms with Crippen molar-refractivity contribution < 1.29 is 0 Å². The van der Waals surface area contributed by atoms with E-state index in [0.29, 0.717) is 0 Å². The average Bonchev–Trinajstić information content (AvgIpc) is 2.62. The average molecular weight is 194 g/mol. The second-order valence-corrected chi connectivity index (χ2v) is 3.65. The van der Waals surface area contributed by atoms with Crippen molar-refractivity contribution in [3.8, 4) is 0 Å². The lowest BCUT2D eigenvalue weighted by Crippen LogP contribution is -2.23. The van der Waals surface area contributed by atoms with Gasteiger partial charge in [-0.3, -0.25) is 4.90 Å². The Morgan fingerprint density at radius 2 is 1.93 bits per heavy atom. The largest absolute Gasteiger partial charge is 0.350 e. The van der Waals surface area contributed by atoms with Crippen molar-refractivity contribution in [1.29, 1.82) is 0 Å². The number of hydrogen-bond donors (Lipinski definition) is 0. The lowest BCUT2D eigenvalue weighted by molar-refractivity contribution is 0.287. The Hall–Kier alpha value is -0.760. The fourth-order valence-corrected chi connectivity index (χ4v) is 1.73. The minimum absolute atomic E-state index is 1.08. The summed E-state index contributed by atoms with van der Waals surface area (Å²) in [6.45, 7) is 11.2. The van der Waals surface area contributed by atoms with E-state index in [0.717, 1.165) is 26.2 Å². The first kappa shape index (κ1) is 11.3. The molecule has 0 aliphatic heterocycles. The number of nitrogens with zero attached hydrogens (tertiary/aromatic N) is 2. The number of aromatic nitrogens is 1. The van der Waals surface area contributed by atoms with E-state index in [1.165, 1.54) is 12.1 Å². The molecule has 0 amide bonds. The topological polar surface area (TPSA) is 8.17 Å². The molecule has 0 aromatic carbocycles. The van der Waals surface area contributed by atoms with Crippen LogP contribution < -0.4 is 0 Å². The second-order valence-electron chi connectivity index (χ2n) is 3.65. The van der Waals surface area contributed by atoms with Crippen LogP contribution >= 0.6 is 0 Å². The van der Waals surface area contributed by atoms with Crippen LogP contribution in [0.15, 0.2) is 18.3 Å². The maximum absolute atomic E-state index is 2.45. The van der Waals surface area contributed by atoms with Crippen molar-refractivity contribution in [2.45, 2.75) is 40.3 Å². The Morgan fingerprint density at radius 3 is 2.50 bits per heavy atom. The van der Waals surface area contributed by atoms with Crippen LogP contribution in [0.5, 0.6) is 0 Å². The first-order chi connectivity index (χ1) is 6.81. The van der Waals surface area contributed by atoms with Crippen molar-refractivity contribution in [2.75, 3.05) is 13.1 Å². The minimum Gasteiger partial charge on any atom is -0.350 e. The van der Waals surface area contributed by atoms with Crippen molar-refractivity contribution in [2.24, 2.45) is 0 Å². The molecule has 2 heteroatoms. The first-order valence-corrected chi connectivity index (χ1v) is 5.68. The van der Waals surface area contributed by atoms with Gasteiger partial charge in [-0.05, 0) is 31.6 Å². The van der Waals surface area contributed by atoms with Crippen LogP contribution in [0.1, 0.15) is 32.9 Å². The highest BCUT2D eigenvalue weighted by molar-refractivity contribution is 5.06. The van der Waals surface area contributed by atoms with E-state index in [2.05, 4.69) is 48.6 Å². The van der Waals surface area contributed by atoms with Crippen LogP contribution in [0.2, 0.25) is 0 Å². The van der Waals surface area contributed by atoms with Crippen LogP contribution in [0.4, 0.5) is 0 Å². The molecule has 0 saturated carbocycles. The fourth-order valence-electron chi connectivity index (χ4n) is 1.73. The third kappa shape index (κ3) is 2.88. The van der Waals surface area contributed by atoms with Crippen molar-refractivity contribution >= 4 is 0 Å². The molecule has 2 nitrogen and oxygen atoms in total. The summed E-state index contributed by atoms with van der Waals surface area (Å²) in [5.41, 5.74) is 1.44. The Morgan fingerprint density at radius 1 is 1.21 bits per heavy atom. The molecule has 0 radical (unpaired) electrons. The predicted octanol–water partition coefficient (Wildman–Crippen LogP) is 2.74. The molecule has 1 aromatic rings. The molecule has 0 saturated heterocycles. The standard InChI is InChI=1S/C12H22N2/c1-4-9-14-10-7-8-12(14)11-13(5-2)6-3/h7-8,10H,4-6,9,11H2,1-3H3. The summed E-state index contributed by atoms with van der Waals surface area (Å²) in [5.74, 6) is 0. The molecule has 0 spiro atoms. The number of hydrogen-bond acceptors (Lipinski definition) is 1. The zero-order chi connectivity index (χ0) is 10.4. The summed E-state index contributed by atoms with van der Waals surface area (Å²) >= 11 is 0. The SMILES string of the molecule is CCCn1cccc1CN(CC)CC. The Balaban J connectivity index is 2.60. The lowest BCUT2D eigenvalue weighted by atomic mass is 10.3. The molecule has 0 unspecified atom stereocenters. The van der Waals surface area contributed by atoms with Crippen molar-refractivity contribution in [3.05, 3.63) is 24.0 Å². The predicted molar refractivity (Wildman–Crippen MR) is 61.3 cm³/mol. The molecule has 1 heterocycles. The molecule has 80 valence electrons. The summed E-state index contributed by atoms with van der Waals surface area (Å²) in [6.07, 6.45) is 3.39. The monoisotopic (exact) mass is 194 g/mol. The van der Waals surface area contributed by atoms with E-state index >= 15 is 0 Å². The van der Waals surface area contributed by atoms with E-state index in [-0.39, 0.29) is 0 Å². The van der Waals surface area contributed by atoms with Crippen molar-refractivity contribution in [3.63, 3.8) is 0 Å². The van der Waals surface area contributed by atoms with Crippen LogP contribution in [-0.4, -0.2) is 22.6 Å². The second kappa shape index (κ2) is 5.86. The maximum atomic E-state index is 2.45. The van der Waals surface area contributed by atoms with Gasteiger partial charge < -0.3 is 4.57 Å². The smallest absolute Gasteiger partial charge is 0.0386 e. The van der Waals surface area contributed by atoms with Gasteiger partial charge in [0.1, 0.15) is 0 Å². The zero-order valence-electron chi connectivity index (χ0n) is 9.66. The molecule has 0 fully saturated rings. The molecule has 14 heavy (non-hydrogen) atoms. The molecular weight excluding hydrogens is 172 g/mol. The number of rotatable bonds is 6. The molecule has 0 aliphatic rings. The maximum Gasteiger partial charge on any atom is 0.0386 e. The van der Waals surface area contributed by atoms with Gasteiger partial charge in [-0.15, -0.1) is 0 Å². The summed E-state index contributed by atoms with van der Waals surface area (Å²) in [5, 5.41) is 0.